The van der Waals surface area contributed by atoms with E-state index in [2.05, 4.69) is 0 Å². The summed E-state index contributed by atoms with van der Waals surface area (Å²) in [7, 11) is 0. The zero-order chi connectivity index (χ0) is 13.4. The molecule has 5 nitrogen and oxygen atoms in total. The second-order valence-electron chi connectivity index (χ2n) is 4.52. The number of carbonyl (C=O) groups is 3. The average Bonchev–Trinajstić information content (AvgIpc) is 2.58. The van der Waals surface area contributed by atoms with Crippen LogP contribution in [0.5, 0.6) is 0 Å². The van der Waals surface area contributed by atoms with Crippen molar-refractivity contribution >= 4 is 34.1 Å². The van der Waals surface area contributed by atoms with Gasteiger partial charge in [0.15, 0.2) is 0 Å². The van der Waals surface area contributed by atoms with Gasteiger partial charge in [0.1, 0.15) is 5.00 Å². The van der Waals surface area contributed by atoms with E-state index in [0.29, 0.717) is 0 Å². The molecule has 2 amide bonds. The lowest BCUT2D eigenvalue weighted by Crippen LogP contribution is -2.43. The molecule has 1 saturated heterocycles. The highest BCUT2D eigenvalue weighted by Crippen LogP contribution is 2.35. The van der Waals surface area contributed by atoms with Crippen molar-refractivity contribution in [1.82, 2.24) is 0 Å². The van der Waals surface area contributed by atoms with E-state index in [0.717, 1.165) is 21.1 Å². The second-order valence-corrected chi connectivity index (χ2v) is 5.75. The average molecular weight is 267 g/mol. The number of carbonyl (C=O) groups excluding carboxylic acids is 2. The number of hydrogen-bond donors (Lipinski definition) is 1. The molecule has 2 rings (SSSR count). The van der Waals surface area contributed by atoms with Crippen molar-refractivity contribution in [2.24, 2.45) is 5.92 Å². The van der Waals surface area contributed by atoms with E-state index in [-0.39, 0.29) is 41.1 Å². The smallest absolute Gasteiger partial charge is 0.338 e. The minimum absolute atomic E-state index is 0.0220. The van der Waals surface area contributed by atoms with E-state index < -0.39 is 5.97 Å². The molecule has 0 saturated carbocycles. The van der Waals surface area contributed by atoms with Gasteiger partial charge >= 0.3 is 5.97 Å². The molecule has 18 heavy (non-hydrogen) atoms. The van der Waals surface area contributed by atoms with Crippen LogP contribution in [0, 0.1) is 12.8 Å². The summed E-state index contributed by atoms with van der Waals surface area (Å²) in [5, 5.41) is 9.33. The van der Waals surface area contributed by atoms with Gasteiger partial charge < -0.3 is 5.11 Å². The fourth-order valence-corrected chi connectivity index (χ4v) is 3.07. The molecular formula is C12H13NO4S. The zero-order valence-corrected chi connectivity index (χ0v) is 10.9. The molecule has 0 spiro atoms. The molecule has 0 unspecified atom stereocenters. The predicted molar refractivity (Wildman–Crippen MR) is 66.9 cm³/mol. The Morgan fingerprint density at radius 2 is 1.94 bits per heavy atom. The topological polar surface area (TPSA) is 74.7 Å². The van der Waals surface area contributed by atoms with Gasteiger partial charge in [0.05, 0.1) is 5.56 Å². The maximum Gasteiger partial charge on any atom is 0.338 e. The van der Waals surface area contributed by atoms with Crippen molar-refractivity contribution in [2.45, 2.75) is 26.7 Å². The molecule has 1 N–H and O–H groups in total. The lowest BCUT2D eigenvalue weighted by Gasteiger charge is -2.27. The second kappa shape index (κ2) is 4.53. The van der Waals surface area contributed by atoms with Crippen molar-refractivity contribution in [3.63, 3.8) is 0 Å². The van der Waals surface area contributed by atoms with Crippen molar-refractivity contribution in [1.29, 1.82) is 0 Å². The van der Waals surface area contributed by atoms with Gasteiger partial charge in [-0.2, -0.15) is 0 Å². The fourth-order valence-electron chi connectivity index (χ4n) is 2.04. The molecular weight excluding hydrogens is 254 g/mol. The van der Waals surface area contributed by atoms with Crippen LogP contribution in [0.4, 0.5) is 5.00 Å². The fraction of sp³-hybridized carbons (Fsp3) is 0.417. The first-order valence-corrected chi connectivity index (χ1v) is 6.41. The van der Waals surface area contributed by atoms with E-state index in [1.165, 1.54) is 6.07 Å². The minimum Gasteiger partial charge on any atom is -0.478 e. The molecule has 1 fully saturated rings. The Hall–Kier alpha value is -1.69. The maximum atomic E-state index is 11.9. The first-order chi connectivity index (χ1) is 8.40. The quantitative estimate of drug-likeness (QED) is 0.832. The molecule has 96 valence electrons. The van der Waals surface area contributed by atoms with Gasteiger partial charge in [-0.3, -0.25) is 9.59 Å². The van der Waals surface area contributed by atoms with Crippen LogP contribution < -0.4 is 4.90 Å². The Kier molecular flexibility index (Phi) is 3.21. The van der Waals surface area contributed by atoms with Crippen LogP contribution in [0.15, 0.2) is 6.07 Å². The van der Waals surface area contributed by atoms with Crippen LogP contribution in [0.1, 0.15) is 35.0 Å². The Morgan fingerprint density at radius 3 is 2.44 bits per heavy atom. The monoisotopic (exact) mass is 267 g/mol. The van der Waals surface area contributed by atoms with Crippen LogP contribution in [0.3, 0.4) is 0 Å². The summed E-state index contributed by atoms with van der Waals surface area (Å²) in [5.41, 5.74) is 0.0220. The number of aryl methyl sites for hydroxylation is 1. The molecule has 0 atom stereocenters. The normalized spacial score (nSPS) is 17.3. The van der Waals surface area contributed by atoms with Crippen molar-refractivity contribution < 1.29 is 19.5 Å². The van der Waals surface area contributed by atoms with Gasteiger partial charge in [-0.05, 0) is 18.9 Å². The highest BCUT2D eigenvalue weighted by molar-refractivity contribution is 7.17. The molecule has 0 bridgehead atoms. The SMILES string of the molecule is Cc1cc(C(=O)O)c(N2C(=O)CC(C)CC2=O)s1. The van der Waals surface area contributed by atoms with E-state index in [1.807, 2.05) is 6.92 Å². The number of nitrogens with zero attached hydrogens (tertiary/aromatic N) is 1. The van der Waals surface area contributed by atoms with E-state index in [9.17, 15) is 14.4 Å². The molecule has 2 heterocycles. The molecule has 1 aliphatic rings. The third-order valence-electron chi connectivity index (χ3n) is 2.81. The van der Waals surface area contributed by atoms with E-state index in [4.69, 9.17) is 5.11 Å². The van der Waals surface area contributed by atoms with Crippen LogP contribution in [0.2, 0.25) is 0 Å². The Bertz CT molecular complexity index is 516. The zero-order valence-electron chi connectivity index (χ0n) is 10.1. The standard InChI is InChI=1S/C12H13NO4S/c1-6-3-9(14)13(10(15)4-6)11-8(12(16)17)5-7(2)18-11/h5-6H,3-4H2,1-2H3,(H,16,17). The minimum atomic E-state index is -1.12. The highest BCUT2D eigenvalue weighted by Gasteiger charge is 2.34. The predicted octanol–water partition coefficient (Wildman–Crippen LogP) is 2.04. The number of anilines is 1. The number of imide groups is 1. The van der Waals surface area contributed by atoms with Crippen LogP contribution in [-0.4, -0.2) is 22.9 Å². The largest absolute Gasteiger partial charge is 0.478 e. The van der Waals surface area contributed by atoms with Gasteiger partial charge in [-0.25, -0.2) is 9.69 Å². The summed E-state index contributed by atoms with van der Waals surface area (Å²) in [6, 6.07) is 1.49. The van der Waals surface area contributed by atoms with Crippen LogP contribution in [-0.2, 0) is 9.59 Å². The first-order valence-electron chi connectivity index (χ1n) is 5.59. The molecule has 1 aliphatic heterocycles. The van der Waals surface area contributed by atoms with Gasteiger partial charge in [0, 0.05) is 17.7 Å². The van der Waals surface area contributed by atoms with Crippen LogP contribution >= 0.6 is 11.3 Å². The third kappa shape index (κ3) is 2.15. The van der Waals surface area contributed by atoms with Crippen LogP contribution in [0.25, 0.3) is 0 Å². The van der Waals surface area contributed by atoms with E-state index in [1.54, 1.807) is 6.92 Å². The van der Waals surface area contributed by atoms with Gasteiger partial charge in [-0.15, -0.1) is 11.3 Å². The third-order valence-corrected chi connectivity index (χ3v) is 3.85. The van der Waals surface area contributed by atoms with Crippen molar-refractivity contribution in [2.75, 3.05) is 4.90 Å². The molecule has 0 aliphatic carbocycles. The number of thiophene rings is 1. The molecule has 1 aromatic heterocycles. The van der Waals surface area contributed by atoms with E-state index >= 15 is 0 Å². The first kappa shape index (κ1) is 12.8. The highest BCUT2D eigenvalue weighted by atomic mass is 32.1. The lowest BCUT2D eigenvalue weighted by atomic mass is 9.98. The summed E-state index contributed by atoms with van der Waals surface area (Å²) < 4.78 is 0. The number of rotatable bonds is 2. The number of carboxylic acid groups (broad SMARTS) is 1. The number of aromatic carboxylic acids is 1. The van der Waals surface area contributed by atoms with Crippen molar-refractivity contribution in [3.8, 4) is 0 Å². The molecule has 0 radical (unpaired) electrons. The number of carboxylic acids is 1. The summed E-state index contributed by atoms with van der Waals surface area (Å²) in [5.74, 6) is -1.73. The summed E-state index contributed by atoms with van der Waals surface area (Å²) >= 11 is 1.16. The lowest BCUT2D eigenvalue weighted by molar-refractivity contribution is -0.130. The molecule has 1 aromatic rings. The van der Waals surface area contributed by atoms with Gasteiger partial charge in [0.2, 0.25) is 11.8 Å². The summed E-state index contributed by atoms with van der Waals surface area (Å²) in [6.45, 7) is 3.59. The van der Waals surface area contributed by atoms with Gasteiger partial charge in [-0.1, -0.05) is 6.92 Å². The Balaban J connectivity index is 2.45. The number of amides is 2. The van der Waals surface area contributed by atoms with Gasteiger partial charge in [0.25, 0.3) is 0 Å². The maximum absolute atomic E-state index is 11.9. The summed E-state index contributed by atoms with van der Waals surface area (Å²) in [6.07, 6.45) is 0.559. The molecule has 0 aromatic carbocycles. The molecule has 6 heteroatoms. The Morgan fingerprint density at radius 1 is 1.39 bits per heavy atom. The van der Waals surface area contributed by atoms with Crippen molar-refractivity contribution in [3.05, 3.63) is 16.5 Å². The number of hydrogen-bond acceptors (Lipinski definition) is 4. The Labute approximate surface area is 108 Å². The summed E-state index contributed by atoms with van der Waals surface area (Å²) in [4.78, 5) is 36.7. The number of piperidine rings is 1.